The van der Waals surface area contributed by atoms with E-state index in [4.69, 9.17) is 4.74 Å². The van der Waals surface area contributed by atoms with Crippen molar-refractivity contribution >= 4 is 27.6 Å². The van der Waals surface area contributed by atoms with E-state index in [0.29, 0.717) is 36.6 Å². The molecule has 10 heteroatoms. The van der Waals surface area contributed by atoms with E-state index in [1.807, 2.05) is 24.3 Å². The summed E-state index contributed by atoms with van der Waals surface area (Å²) < 4.78 is 30.7. The van der Waals surface area contributed by atoms with Crippen LogP contribution in [0, 0.1) is 0 Å². The minimum absolute atomic E-state index is 0.150. The molecule has 1 N–H and O–H groups in total. The summed E-state index contributed by atoms with van der Waals surface area (Å²) in [6.45, 7) is 3.03. The summed E-state index contributed by atoms with van der Waals surface area (Å²) in [6, 6.07) is 10.4. The van der Waals surface area contributed by atoms with Gasteiger partial charge in [-0.15, -0.1) is 0 Å². The van der Waals surface area contributed by atoms with Crippen LogP contribution >= 0.6 is 0 Å². The molecule has 0 saturated carbocycles. The van der Waals surface area contributed by atoms with E-state index >= 15 is 0 Å². The molecule has 0 aromatic heterocycles. The van der Waals surface area contributed by atoms with Crippen molar-refractivity contribution in [3.63, 3.8) is 0 Å². The first kappa shape index (κ1) is 24.1. The number of ether oxygens (including phenoxy) is 1. The standard InChI is InChI=1S/C27H29N3O6S/c1-37(34,35)22-5-3-2-4-17(22)14-29-12-10-27(11-13-29)16-36-24-19-15-30(21-8-9-23(31)28-25(21)32)26(33)18(19)6-7-20(24)27/h2-7,21H,8-16H2,1H3,(H,28,31,32). The first-order valence-corrected chi connectivity index (χ1v) is 14.5. The van der Waals surface area contributed by atoms with Gasteiger partial charge in [0.25, 0.3) is 5.91 Å². The lowest BCUT2D eigenvalue weighted by molar-refractivity contribution is -0.136. The maximum atomic E-state index is 13.2. The fourth-order valence-corrected chi connectivity index (χ4v) is 7.21. The fourth-order valence-electron chi connectivity index (χ4n) is 6.27. The summed E-state index contributed by atoms with van der Waals surface area (Å²) in [4.78, 5) is 41.4. The van der Waals surface area contributed by atoms with Gasteiger partial charge in [0.2, 0.25) is 11.8 Å². The normalized spacial score (nSPS) is 23.1. The Hall–Kier alpha value is -3.24. The highest BCUT2D eigenvalue weighted by Crippen LogP contribution is 2.49. The molecule has 0 aliphatic carbocycles. The second-order valence-corrected chi connectivity index (χ2v) is 12.6. The number of piperidine rings is 2. The third-order valence-electron chi connectivity index (χ3n) is 8.31. The Labute approximate surface area is 215 Å². The molecule has 1 spiro atoms. The number of nitrogens with one attached hydrogen (secondary N) is 1. The largest absolute Gasteiger partial charge is 0.492 e. The Morgan fingerprint density at radius 1 is 1.08 bits per heavy atom. The molecule has 9 nitrogen and oxygen atoms in total. The van der Waals surface area contributed by atoms with Crippen molar-refractivity contribution in [2.45, 2.75) is 55.1 Å². The minimum atomic E-state index is -3.30. The molecular formula is C27H29N3O6S. The molecule has 194 valence electrons. The Balaban J connectivity index is 1.19. The van der Waals surface area contributed by atoms with Crippen molar-refractivity contribution in [1.29, 1.82) is 0 Å². The smallest absolute Gasteiger partial charge is 0.255 e. The molecule has 4 heterocycles. The van der Waals surface area contributed by atoms with E-state index in [2.05, 4.69) is 10.2 Å². The quantitative estimate of drug-likeness (QED) is 0.608. The Kier molecular flexibility index (Phi) is 5.65. The van der Waals surface area contributed by atoms with E-state index < -0.39 is 21.8 Å². The number of fused-ring (bicyclic) bond motifs is 4. The van der Waals surface area contributed by atoms with Crippen molar-refractivity contribution in [2.75, 3.05) is 26.0 Å². The molecule has 1 unspecified atom stereocenters. The summed E-state index contributed by atoms with van der Waals surface area (Å²) >= 11 is 0. The summed E-state index contributed by atoms with van der Waals surface area (Å²) in [6.07, 6.45) is 3.53. The van der Waals surface area contributed by atoms with Gasteiger partial charge in [0, 0.05) is 41.3 Å². The second-order valence-electron chi connectivity index (χ2n) is 10.6. The average molecular weight is 524 g/mol. The molecule has 3 amide bonds. The number of likely N-dealkylation sites (tertiary alicyclic amines) is 1. The number of sulfone groups is 1. The van der Waals surface area contributed by atoms with Gasteiger partial charge in [-0.05, 0) is 50.0 Å². The van der Waals surface area contributed by atoms with Crippen LogP contribution < -0.4 is 10.1 Å². The van der Waals surface area contributed by atoms with Gasteiger partial charge in [0.1, 0.15) is 11.8 Å². The number of carbonyl (C=O) groups excluding carboxylic acids is 3. The molecule has 2 fully saturated rings. The first-order chi connectivity index (χ1) is 17.7. The molecule has 2 saturated heterocycles. The number of benzene rings is 2. The van der Waals surface area contributed by atoms with Crippen LogP contribution in [0.1, 0.15) is 52.7 Å². The summed E-state index contributed by atoms with van der Waals surface area (Å²) in [5.74, 6) is -0.160. The van der Waals surface area contributed by atoms with Gasteiger partial charge >= 0.3 is 0 Å². The second kappa shape index (κ2) is 8.66. The third-order valence-corrected chi connectivity index (χ3v) is 9.51. The van der Waals surface area contributed by atoms with Crippen LogP contribution in [-0.4, -0.2) is 67.9 Å². The van der Waals surface area contributed by atoms with E-state index in [1.54, 1.807) is 17.0 Å². The van der Waals surface area contributed by atoms with Gasteiger partial charge in [0.15, 0.2) is 9.84 Å². The topological polar surface area (TPSA) is 113 Å². The van der Waals surface area contributed by atoms with Gasteiger partial charge < -0.3 is 9.64 Å². The highest BCUT2D eigenvalue weighted by Gasteiger charge is 2.47. The number of rotatable bonds is 4. The zero-order chi connectivity index (χ0) is 25.9. The van der Waals surface area contributed by atoms with E-state index in [9.17, 15) is 22.8 Å². The van der Waals surface area contributed by atoms with E-state index in [0.717, 1.165) is 48.4 Å². The molecule has 2 aromatic carbocycles. The molecule has 0 radical (unpaired) electrons. The van der Waals surface area contributed by atoms with Crippen molar-refractivity contribution in [3.8, 4) is 5.75 Å². The number of nitrogens with zero attached hydrogens (tertiary/aromatic N) is 2. The molecule has 6 rings (SSSR count). The van der Waals surface area contributed by atoms with Gasteiger partial charge in [-0.3, -0.25) is 24.6 Å². The van der Waals surface area contributed by atoms with Crippen LogP contribution in [0.25, 0.3) is 0 Å². The predicted molar refractivity (Wildman–Crippen MR) is 134 cm³/mol. The molecule has 4 aliphatic rings. The third kappa shape index (κ3) is 4.02. The average Bonchev–Trinajstić information content (AvgIpc) is 3.38. The molecule has 2 aromatic rings. The van der Waals surface area contributed by atoms with E-state index in [-0.39, 0.29) is 23.7 Å². The van der Waals surface area contributed by atoms with Gasteiger partial charge in [-0.1, -0.05) is 24.3 Å². The van der Waals surface area contributed by atoms with Crippen LogP contribution in [0.4, 0.5) is 0 Å². The number of imide groups is 1. The van der Waals surface area contributed by atoms with Crippen LogP contribution in [0.2, 0.25) is 0 Å². The van der Waals surface area contributed by atoms with Gasteiger partial charge in [-0.2, -0.15) is 0 Å². The maximum Gasteiger partial charge on any atom is 0.255 e. The minimum Gasteiger partial charge on any atom is -0.492 e. The molecule has 0 bridgehead atoms. The van der Waals surface area contributed by atoms with Crippen LogP contribution in [0.15, 0.2) is 41.3 Å². The van der Waals surface area contributed by atoms with Crippen molar-refractivity contribution in [1.82, 2.24) is 15.1 Å². The Morgan fingerprint density at radius 2 is 1.84 bits per heavy atom. The number of hydrogen-bond acceptors (Lipinski definition) is 7. The Morgan fingerprint density at radius 3 is 2.57 bits per heavy atom. The number of amides is 3. The molecule has 37 heavy (non-hydrogen) atoms. The van der Waals surface area contributed by atoms with E-state index in [1.165, 1.54) is 6.26 Å². The van der Waals surface area contributed by atoms with Crippen LogP contribution in [0.3, 0.4) is 0 Å². The summed E-state index contributed by atoms with van der Waals surface area (Å²) in [7, 11) is -3.30. The molecular weight excluding hydrogens is 494 g/mol. The predicted octanol–water partition coefficient (Wildman–Crippen LogP) is 1.78. The lowest BCUT2D eigenvalue weighted by Gasteiger charge is -2.38. The van der Waals surface area contributed by atoms with Crippen molar-refractivity contribution in [3.05, 3.63) is 58.7 Å². The monoisotopic (exact) mass is 523 g/mol. The van der Waals surface area contributed by atoms with Crippen molar-refractivity contribution in [2.24, 2.45) is 0 Å². The fraction of sp³-hybridized carbons (Fsp3) is 0.444. The molecule has 1 atom stereocenters. The summed E-state index contributed by atoms with van der Waals surface area (Å²) in [5.41, 5.74) is 3.17. The Bertz CT molecular complexity index is 1430. The van der Waals surface area contributed by atoms with Crippen LogP contribution in [-0.2, 0) is 37.9 Å². The van der Waals surface area contributed by atoms with Gasteiger partial charge in [-0.25, -0.2) is 8.42 Å². The molecule has 4 aliphatic heterocycles. The van der Waals surface area contributed by atoms with Crippen LogP contribution in [0.5, 0.6) is 5.75 Å². The first-order valence-electron chi connectivity index (χ1n) is 12.6. The number of carbonyl (C=O) groups is 3. The highest BCUT2D eigenvalue weighted by molar-refractivity contribution is 7.90. The SMILES string of the molecule is CS(=O)(=O)c1ccccc1CN1CCC2(CC1)COc1c2ccc2c1CN(C1CCC(=O)NC1=O)C2=O. The summed E-state index contributed by atoms with van der Waals surface area (Å²) in [5, 5.41) is 2.34. The lowest BCUT2D eigenvalue weighted by Crippen LogP contribution is -2.52. The van der Waals surface area contributed by atoms with Gasteiger partial charge in [0.05, 0.1) is 18.0 Å². The van der Waals surface area contributed by atoms with Crippen molar-refractivity contribution < 1.29 is 27.5 Å². The zero-order valence-electron chi connectivity index (χ0n) is 20.7. The maximum absolute atomic E-state index is 13.2. The number of hydrogen-bond donors (Lipinski definition) is 1. The lowest BCUT2D eigenvalue weighted by atomic mass is 9.74. The highest BCUT2D eigenvalue weighted by atomic mass is 32.2. The zero-order valence-corrected chi connectivity index (χ0v) is 21.5.